The average molecular weight is 256 g/mol. The molecule has 0 unspecified atom stereocenters. The monoisotopic (exact) mass is 255 g/mol. The van der Waals surface area contributed by atoms with Gasteiger partial charge in [-0.25, -0.2) is 4.39 Å². The summed E-state index contributed by atoms with van der Waals surface area (Å²) in [5.41, 5.74) is 6.38. The number of halogens is 2. The minimum Gasteiger partial charge on any atom is -0.330 e. The largest absolute Gasteiger partial charge is 0.330 e. The molecule has 17 heavy (non-hydrogen) atoms. The molecule has 94 valence electrons. The van der Waals surface area contributed by atoms with Gasteiger partial charge in [-0.2, -0.15) is 0 Å². The zero-order valence-corrected chi connectivity index (χ0v) is 11.1. The van der Waals surface area contributed by atoms with E-state index < -0.39 is 0 Å². The minimum absolute atomic E-state index is 0.191. The van der Waals surface area contributed by atoms with Crippen LogP contribution in [0.4, 0.5) is 4.39 Å². The highest BCUT2D eigenvalue weighted by molar-refractivity contribution is 6.30. The molecule has 0 bridgehead atoms. The van der Waals surface area contributed by atoms with Gasteiger partial charge in [0.1, 0.15) is 5.82 Å². The Labute approximate surface area is 107 Å². The second-order valence-electron chi connectivity index (χ2n) is 5.50. The van der Waals surface area contributed by atoms with Crippen LogP contribution in [0.1, 0.15) is 32.3 Å². The van der Waals surface area contributed by atoms with Crippen LogP contribution >= 0.6 is 11.6 Å². The van der Waals surface area contributed by atoms with E-state index in [0.29, 0.717) is 23.9 Å². The van der Waals surface area contributed by atoms with Gasteiger partial charge in [-0.3, -0.25) is 0 Å². The molecule has 0 amide bonds. The maximum Gasteiger partial charge on any atom is 0.145 e. The minimum atomic E-state index is -0.290. The molecule has 2 rings (SSSR count). The predicted octanol–water partition coefficient (Wildman–Crippen LogP) is 3.74. The summed E-state index contributed by atoms with van der Waals surface area (Å²) in [6.45, 7) is 4.91. The zero-order valence-electron chi connectivity index (χ0n) is 10.3. The number of benzene rings is 1. The van der Waals surface area contributed by atoms with Gasteiger partial charge in [0.15, 0.2) is 0 Å². The maximum atomic E-state index is 14.0. The first-order chi connectivity index (χ1) is 8.00. The number of rotatable bonds is 3. The topological polar surface area (TPSA) is 26.0 Å². The van der Waals surface area contributed by atoms with E-state index >= 15 is 0 Å². The van der Waals surface area contributed by atoms with Crippen molar-refractivity contribution in [3.8, 4) is 0 Å². The van der Waals surface area contributed by atoms with Gasteiger partial charge in [0.05, 0.1) is 5.02 Å². The Morgan fingerprint density at radius 2 is 2.12 bits per heavy atom. The molecule has 1 aromatic carbocycles. The lowest BCUT2D eigenvalue weighted by molar-refractivity contribution is 0.103. The lowest BCUT2D eigenvalue weighted by atomic mass is 9.56. The molecule has 0 saturated heterocycles. The predicted molar refractivity (Wildman–Crippen MR) is 69.7 cm³/mol. The summed E-state index contributed by atoms with van der Waals surface area (Å²) in [4.78, 5) is 0. The van der Waals surface area contributed by atoms with Gasteiger partial charge in [-0.15, -0.1) is 0 Å². The molecule has 1 aliphatic carbocycles. The number of nitrogens with two attached hydrogens (primary N) is 1. The van der Waals surface area contributed by atoms with Gasteiger partial charge >= 0.3 is 0 Å². The van der Waals surface area contributed by atoms with Crippen molar-refractivity contribution in [1.82, 2.24) is 0 Å². The Morgan fingerprint density at radius 1 is 1.47 bits per heavy atom. The first-order valence-electron chi connectivity index (χ1n) is 6.15. The molecule has 1 fully saturated rings. The molecule has 0 atom stereocenters. The molecule has 0 aliphatic heterocycles. The van der Waals surface area contributed by atoms with Gasteiger partial charge < -0.3 is 5.73 Å². The molecule has 1 nitrogen and oxygen atoms in total. The maximum absolute atomic E-state index is 14.0. The van der Waals surface area contributed by atoms with E-state index in [1.54, 1.807) is 12.1 Å². The fourth-order valence-corrected chi connectivity index (χ4v) is 3.00. The lowest BCUT2D eigenvalue weighted by Crippen LogP contribution is -2.49. The van der Waals surface area contributed by atoms with Crippen LogP contribution in [-0.4, -0.2) is 6.54 Å². The van der Waals surface area contributed by atoms with E-state index in [4.69, 9.17) is 17.3 Å². The normalized spacial score (nSPS) is 28.2. The summed E-state index contributed by atoms with van der Waals surface area (Å²) in [6, 6.07) is 5.22. The molecule has 1 saturated carbocycles. The van der Waals surface area contributed by atoms with Crippen LogP contribution in [0, 0.1) is 17.7 Å². The van der Waals surface area contributed by atoms with E-state index in [0.717, 1.165) is 12.8 Å². The third-order valence-corrected chi connectivity index (χ3v) is 4.45. The Kier molecular flexibility index (Phi) is 3.46. The molecule has 1 aromatic rings. The van der Waals surface area contributed by atoms with Crippen molar-refractivity contribution < 1.29 is 4.39 Å². The Morgan fingerprint density at radius 3 is 2.65 bits per heavy atom. The van der Waals surface area contributed by atoms with Crippen LogP contribution in [-0.2, 0) is 5.41 Å². The molecule has 1 aliphatic rings. The van der Waals surface area contributed by atoms with Crippen molar-refractivity contribution in [3.05, 3.63) is 34.6 Å². The van der Waals surface area contributed by atoms with Gasteiger partial charge in [0.25, 0.3) is 0 Å². The van der Waals surface area contributed by atoms with Crippen molar-refractivity contribution in [2.24, 2.45) is 17.6 Å². The fraction of sp³-hybridized carbons (Fsp3) is 0.571. The molecule has 2 N–H and O–H groups in total. The van der Waals surface area contributed by atoms with Crippen molar-refractivity contribution in [1.29, 1.82) is 0 Å². The molecule has 0 radical (unpaired) electrons. The lowest BCUT2D eigenvalue weighted by Gasteiger charge is -2.49. The third kappa shape index (κ3) is 2.09. The van der Waals surface area contributed by atoms with Crippen molar-refractivity contribution >= 4 is 11.6 Å². The summed E-state index contributed by atoms with van der Waals surface area (Å²) < 4.78 is 14.0. The van der Waals surface area contributed by atoms with Crippen LogP contribution in [0.5, 0.6) is 0 Å². The molecule has 0 spiro atoms. The average Bonchev–Trinajstić information content (AvgIpc) is 2.22. The quantitative estimate of drug-likeness (QED) is 0.875. The van der Waals surface area contributed by atoms with Crippen LogP contribution in [0.3, 0.4) is 0 Å². The smallest absolute Gasteiger partial charge is 0.145 e. The van der Waals surface area contributed by atoms with E-state index in [2.05, 4.69) is 13.8 Å². The van der Waals surface area contributed by atoms with Crippen molar-refractivity contribution in [3.63, 3.8) is 0 Å². The molecule has 0 aromatic heterocycles. The first kappa shape index (κ1) is 12.8. The zero-order chi connectivity index (χ0) is 12.6. The Balaban J connectivity index is 2.29. The second-order valence-corrected chi connectivity index (χ2v) is 5.91. The molecule has 0 heterocycles. The summed E-state index contributed by atoms with van der Waals surface area (Å²) in [6.07, 6.45) is 1.94. The standard InChI is InChI=1S/C14H19ClFN/c1-9(2)10-6-14(7-10,8-17)11-4-3-5-12(15)13(11)16/h3-5,9-10H,6-8,17H2,1-2H3. The summed E-state index contributed by atoms with van der Waals surface area (Å²) in [5, 5.41) is 0.198. The van der Waals surface area contributed by atoms with Gasteiger partial charge in [-0.1, -0.05) is 37.6 Å². The van der Waals surface area contributed by atoms with E-state index in [1.807, 2.05) is 6.07 Å². The van der Waals surface area contributed by atoms with Crippen molar-refractivity contribution in [2.45, 2.75) is 32.1 Å². The number of hydrogen-bond donors (Lipinski definition) is 1. The van der Waals surface area contributed by atoms with Crippen LogP contribution < -0.4 is 5.73 Å². The van der Waals surface area contributed by atoms with Gasteiger partial charge in [-0.05, 0) is 36.3 Å². The highest BCUT2D eigenvalue weighted by Gasteiger charge is 2.46. The summed E-state index contributed by atoms with van der Waals surface area (Å²) in [7, 11) is 0. The Hall–Kier alpha value is -0.600. The van der Waals surface area contributed by atoms with Gasteiger partial charge in [0, 0.05) is 12.0 Å². The van der Waals surface area contributed by atoms with Crippen LogP contribution in [0.2, 0.25) is 5.02 Å². The molecule has 3 heteroatoms. The van der Waals surface area contributed by atoms with E-state index in [-0.39, 0.29) is 16.3 Å². The molecular weight excluding hydrogens is 237 g/mol. The highest BCUT2D eigenvalue weighted by Crippen LogP contribution is 2.51. The fourth-order valence-electron chi connectivity index (χ4n) is 2.83. The second kappa shape index (κ2) is 4.58. The van der Waals surface area contributed by atoms with Crippen LogP contribution in [0.25, 0.3) is 0 Å². The van der Waals surface area contributed by atoms with E-state index in [9.17, 15) is 4.39 Å². The molecular formula is C14H19ClFN. The Bertz CT molecular complexity index is 411. The van der Waals surface area contributed by atoms with Gasteiger partial charge in [0.2, 0.25) is 0 Å². The number of hydrogen-bond acceptors (Lipinski definition) is 1. The highest BCUT2D eigenvalue weighted by atomic mass is 35.5. The van der Waals surface area contributed by atoms with Crippen LogP contribution in [0.15, 0.2) is 18.2 Å². The summed E-state index contributed by atoms with van der Waals surface area (Å²) >= 11 is 5.84. The third-order valence-electron chi connectivity index (χ3n) is 4.16. The van der Waals surface area contributed by atoms with Crippen molar-refractivity contribution in [2.75, 3.05) is 6.54 Å². The van der Waals surface area contributed by atoms with E-state index in [1.165, 1.54) is 0 Å². The summed E-state index contributed by atoms with van der Waals surface area (Å²) in [5.74, 6) is 0.996. The first-order valence-corrected chi connectivity index (χ1v) is 6.52. The SMILES string of the molecule is CC(C)C1CC(CN)(c2cccc(Cl)c2F)C1.